The molecule has 0 amide bonds. The van der Waals surface area contributed by atoms with Crippen molar-refractivity contribution in [2.24, 2.45) is 0 Å². The first-order valence-corrected chi connectivity index (χ1v) is 7.68. The highest BCUT2D eigenvalue weighted by molar-refractivity contribution is 6.31. The van der Waals surface area contributed by atoms with E-state index in [4.69, 9.17) is 32.7 Å². The molecule has 0 fully saturated rings. The largest absolute Gasteiger partial charge is 0.455 e. The van der Waals surface area contributed by atoms with Crippen LogP contribution in [-0.4, -0.2) is 19.2 Å². The second kappa shape index (κ2) is 6.46. The van der Waals surface area contributed by atoms with Crippen molar-refractivity contribution >= 4 is 34.6 Å². The van der Waals surface area contributed by atoms with Gasteiger partial charge in [0.1, 0.15) is 11.5 Å². The fourth-order valence-corrected chi connectivity index (χ4v) is 2.66. The molecule has 110 valence electrons. The lowest BCUT2D eigenvalue weighted by atomic mass is 10.2. The summed E-state index contributed by atoms with van der Waals surface area (Å²) in [6, 6.07) is 13.5. The number of hydrogen-bond acceptors (Lipinski definition) is 3. The van der Waals surface area contributed by atoms with Crippen molar-refractivity contribution in [1.29, 1.82) is 0 Å². The number of alkyl halides is 1. The molecule has 3 nitrogen and oxygen atoms in total. The quantitative estimate of drug-likeness (QED) is 0.755. The highest BCUT2D eigenvalue weighted by Gasteiger charge is 2.20. The van der Waals surface area contributed by atoms with Crippen molar-refractivity contribution in [1.82, 2.24) is 0 Å². The molecule has 2 aromatic rings. The first-order chi connectivity index (χ1) is 10.3. The minimum atomic E-state index is 0.176. The van der Waals surface area contributed by atoms with Gasteiger partial charge in [0.25, 0.3) is 0 Å². The van der Waals surface area contributed by atoms with E-state index in [2.05, 4.69) is 4.90 Å². The summed E-state index contributed by atoms with van der Waals surface area (Å²) in [6.45, 7) is 0.940. The van der Waals surface area contributed by atoms with Gasteiger partial charge in [0, 0.05) is 17.4 Å². The molecule has 1 heterocycles. The van der Waals surface area contributed by atoms with Crippen molar-refractivity contribution in [3.05, 3.63) is 47.5 Å². The van der Waals surface area contributed by atoms with Gasteiger partial charge >= 0.3 is 0 Å². The van der Waals surface area contributed by atoms with Gasteiger partial charge in [0.05, 0.1) is 11.4 Å². The third kappa shape index (κ3) is 3.04. The third-order valence-electron chi connectivity index (χ3n) is 3.31. The highest BCUT2D eigenvalue weighted by Crippen LogP contribution is 2.41. The van der Waals surface area contributed by atoms with Crippen LogP contribution in [0, 0.1) is 0 Å². The smallest absolute Gasteiger partial charge is 0.231 e. The molecule has 2 aromatic carbocycles. The van der Waals surface area contributed by atoms with Crippen molar-refractivity contribution in [2.75, 3.05) is 24.1 Å². The maximum Gasteiger partial charge on any atom is 0.231 e. The maximum atomic E-state index is 6.16. The molecule has 0 N–H and O–H groups in total. The van der Waals surface area contributed by atoms with Crippen LogP contribution in [0.15, 0.2) is 42.5 Å². The van der Waals surface area contributed by atoms with Crippen LogP contribution in [0.3, 0.4) is 0 Å². The average Bonchev–Trinajstić information content (AvgIpc) is 2.49. The van der Waals surface area contributed by atoms with Crippen LogP contribution < -0.4 is 14.4 Å². The molecule has 0 atom stereocenters. The Kier molecular flexibility index (Phi) is 4.42. The van der Waals surface area contributed by atoms with Gasteiger partial charge in [-0.2, -0.15) is 0 Å². The van der Waals surface area contributed by atoms with E-state index in [1.165, 1.54) is 0 Å². The van der Waals surface area contributed by atoms with E-state index >= 15 is 0 Å². The average molecular weight is 324 g/mol. The highest BCUT2D eigenvalue weighted by atomic mass is 35.5. The molecule has 0 bridgehead atoms. The summed E-state index contributed by atoms with van der Waals surface area (Å²) in [4.78, 5) is 2.14. The van der Waals surface area contributed by atoms with Crippen molar-refractivity contribution in [3.8, 4) is 11.5 Å². The molecular formula is C16H15Cl2NO2. The zero-order valence-electron chi connectivity index (χ0n) is 11.4. The van der Waals surface area contributed by atoms with Crippen LogP contribution in [0.25, 0.3) is 0 Å². The number of rotatable bonds is 3. The van der Waals surface area contributed by atoms with E-state index in [9.17, 15) is 0 Å². The molecule has 0 saturated heterocycles. The molecule has 21 heavy (non-hydrogen) atoms. The molecule has 5 heteroatoms. The standard InChI is InChI=1S/C16H15Cl2NO2/c17-8-3-9-19-13-4-1-2-5-15(13)20-11-21-16-7-6-12(18)10-14(16)19/h1-2,4-7,10H,3,8-9,11H2. The first-order valence-electron chi connectivity index (χ1n) is 6.77. The van der Waals surface area contributed by atoms with E-state index < -0.39 is 0 Å². The summed E-state index contributed by atoms with van der Waals surface area (Å²) in [5.74, 6) is 2.14. The minimum Gasteiger partial charge on any atom is -0.455 e. The second-order valence-corrected chi connectivity index (χ2v) is 5.49. The zero-order valence-corrected chi connectivity index (χ0v) is 12.9. The van der Waals surface area contributed by atoms with Gasteiger partial charge in [0.15, 0.2) is 0 Å². The van der Waals surface area contributed by atoms with Gasteiger partial charge in [-0.1, -0.05) is 23.7 Å². The summed E-state index contributed by atoms with van der Waals surface area (Å²) in [6.07, 6.45) is 0.849. The molecule has 0 spiro atoms. The van der Waals surface area contributed by atoms with Crippen LogP contribution in [0.2, 0.25) is 5.02 Å². The van der Waals surface area contributed by atoms with E-state index in [0.29, 0.717) is 10.9 Å². The molecule has 0 unspecified atom stereocenters. The number of anilines is 2. The van der Waals surface area contributed by atoms with Crippen LogP contribution in [0.1, 0.15) is 6.42 Å². The van der Waals surface area contributed by atoms with Crippen LogP contribution in [0.5, 0.6) is 11.5 Å². The van der Waals surface area contributed by atoms with Crippen molar-refractivity contribution in [2.45, 2.75) is 6.42 Å². The van der Waals surface area contributed by atoms with Gasteiger partial charge in [-0.15, -0.1) is 11.6 Å². The summed E-state index contributed by atoms with van der Waals surface area (Å²) in [5, 5.41) is 0.673. The number of ether oxygens (including phenoxy) is 2. The van der Waals surface area contributed by atoms with Gasteiger partial charge in [-0.05, 0) is 36.8 Å². The molecule has 0 aliphatic carbocycles. The summed E-state index contributed by atoms with van der Waals surface area (Å²) >= 11 is 12.0. The van der Waals surface area contributed by atoms with Gasteiger partial charge in [-0.3, -0.25) is 0 Å². The van der Waals surface area contributed by atoms with Crippen LogP contribution >= 0.6 is 23.2 Å². The normalized spacial score (nSPS) is 13.3. The lowest BCUT2D eigenvalue weighted by molar-refractivity contribution is 0.119. The van der Waals surface area contributed by atoms with E-state index in [-0.39, 0.29) is 6.79 Å². The van der Waals surface area contributed by atoms with Crippen LogP contribution in [-0.2, 0) is 0 Å². The maximum absolute atomic E-state index is 6.16. The lowest BCUT2D eigenvalue weighted by Crippen LogP contribution is -2.23. The predicted octanol–water partition coefficient (Wildman–Crippen LogP) is 4.84. The molecule has 0 saturated carbocycles. The summed E-state index contributed by atoms with van der Waals surface area (Å²) in [5.41, 5.74) is 1.93. The number of fused-ring (bicyclic) bond motifs is 2. The minimum absolute atomic E-state index is 0.176. The number of nitrogens with zero attached hydrogens (tertiary/aromatic N) is 1. The fourth-order valence-electron chi connectivity index (χ4n) is 2.37. The Morgan fingerprint density at radius 3 is 2.57 bits per heavy atom. The molecule has 1 aliphatic rings. The zero-order chi connectivity index (χ0) is 14.7. The summed E-state index contributed by atoms with van der Waals surface area (Å²) < 4.78 is 11.4. The summed E-state index contributed by atoms with van der Waals surface area (Å²) in [7, 11) is 0. The Hall–Kier alpha value is -1.58. The Labute approximate surface area is 134 Å². The topological polar surface area (TPSA) is 21.7 Å². The van der Waals surface area contributed by atoms with E-state index in [0.717, 1.165) is 35.8 Å². The van der Waals surface area contributed by atoms with Crippen molar-refractivity contribution < 1.29 is 9.47 Å². The van der Waals surface area contributed by atoms with E-state index in [1.807, 2.05) is 42.5 Å². The Bertz CT molecular complexity index is 633. The second-order valence-electron chi connectivity index (χ2n) is 4.68. The Morgan fingerprint density at radius 2 is 1.76 bits per heavy atom. The fraction of sp³-hybridized carbons (Fsp3) is 0.250. The SMILES string of the molecule is ClCCCN1c2ccccc2OCOc2ccc(Cl)cc21. The number of para-hydroxylation sites is 2. The Morgan fingerprint density at radius 1 is 1.00 bits per heavy atom. The van der Waals surface area contributed by atoms with E-state index in [1.54, 1.807) is 0 Å². The number of hydrogen-bond donors (Lipinski definition) is 0. The van der Waals surface area contributed by atoms with Gasteiger partial charge < -0.3 is 14.4 Å². The lowest BCUT2D eigenvalue weighted by Gasteiger charge is -2.30. The predicted molar refractivity (Wildman–Crippen MR) is 86.4 cm³/mol. The number of benzene rings is 2. The molecule has 3 rings (SSSR count). The molecule has 1 aliphatic heterocycles. The van der Waals surface area contributed by atoms with Gasteiger partial charge in [-0.25, -0.2) is 0 Å². The van der Waals surface area contributed by atoms with Crippen molar-refractivity contribution in [3.63, 3.8) is 0 Å². The molecule has 0 aromatic heterocycles. The molecule has 0 radical (unpaired) electrons. The molecular weight excluding hydrogens is 309 g/mol. The third-order valence-corrected chi connectivity index (χ3v) is 3.81. The Balaban J connectivity index is 2.11. The van der Waals surface area contributed by atoms with Crippen LogP contribution in [0.4, 0.5) is 11.4 Å². The van der Waals surface area contributed by atoms with Gasteiger partial charge in [0.2, 0.25) is 6.79 Å². The number of halogens is 2. The monoisotopic (exact) mass is 323 g/mol. The first kappa shape index (κ1) is 14.4.